The topological polar surface area (TPSA) is 32.3 Å². The summed E-state index contributed by atoms with van der Waals surface area (Å²) in [6.07, 6.45) is 7.93. The van der Waals surface area contributed by atoms with Crippen LogP contribution in [0.2, 0.25) is 0 Å². The first-order valence-electron chi connectivity index (χ1n) is 6.81. The SMILES string of the molecule is CSCCCN1CCC(C(=O)NC2CC2)CC1. The van der Waals surface area contributed by atoms with Gasteiger partial charge in [0, 0.05) is 12.0 Å². The molecule has 0 bridgehead atoms. The van der Waals surface area contributed by atoms with Crippen molar-refractivity contribution >= 4 is 17.7 Å². The van der Waals surface area contributed by atoms with Gasteiger partial charge in [-0.1, -0.05) is 0 Å². The van der Waals surface area contributed by atoms with Gasteiger partial charge < -0.3 is 10.2 Å². The number of amides is 1. The molecule has 17 heavy (non-hydrogen) atoms. The molecule has 0 aromatic carbocycles. The maximum atomic E-state index is 11.9. The molecule has 0 unspecified atom stereocenters. The van der Waals surface area contributed by atoms with Gasteiger partial charge in [0.05, 0.1) is 0 Å². The molecule has 2 rings (SSSR count). The normalized spacial score (nSPS) is 22.6. The first-order valence-corrected chi connectivity index (χ1v) is 8.20. The smallest absolute Gasteiger partial charge is 0.223 e. The third kappa shape index (κ3) is 4.51. The van der Waals surface area contributed by atoms with E-state index in [0.717, 1.165) is 25.9 Å². The van der Waals surface area contributed by atoms with Gasteiger partial charge in [-0.3, -0.25) is 4.79 Å². The Labute approximate surface area is 109 Å². The molecule has 0 aromatic rings. The van der Waals surface area contributed by atoms with Crippen LogP contribution in [0.5, 0.6) is 0 Å². The number of carbonyl (C=O) groups is 1. The van der Waals surface area contributed by atoms with Gasteiger partial charge in [0.1, 0.15) is 0 Å². The number of hydrogen-bond acceptors (Lipinski definition) is 3. The van der Waals surface area contributed by atoms with Gasteiger partial charge in [-0.2, -0.15) is 11.8 Å². The number of nitrogens with one attached hydrogen (secondary N) is 1. The Morgan fingerprint density at radius 2 is 2.00 bits per heavy atom. The summed E-state index contributed by atoms with van der Waals surface area (Å²) in [4.78, 5) is 14.4. The van der Waals surface area contributed by atoms with Crippen molar-refractivity contribution < 1.29 is 4.79 Å². The van der Waals surface area contributed by atoms with Gasteiger partial charge in [-0.05, 0) is 63.7 Å². The number of likely N-dealkylation sites (tertiary alicyclic amines) is 1. The molecular weight excluding hydrogens is 232 g/mol. The van der Waals surface area contributed by atoms with Crippen LogP contribution in [0.25, 0.3) is 0 Å². The summed E-state index contributed by atoms with van der Waals surface area (Å²) in [5, 5.41) is 3.13. The third-order valence-electron chi connectivity index (χ3n) is 3.70. The van der Waals surface area contributed by atoms with E-state index in [1.54, 1.807) is 0 Å². The molecule has 98 valence electrons. The molecule has 2 aliphatic rings. The lowest BCUT2D eigenvalue weighted by Gasteiger charge is -2.31. The molecule has 3 nitrogen and oxygen atoms in total. The minimum Gasteiger partial charge on any atom is -0.353 e. The Morgan fingerprint density at radius 3 is 2.59 bits per heavy atom. The molecule has 0 radical (unpaired) electrons. The van der Waals surface area contributed by atoms with E-state index in [1.165, 1.54) is 31.6 Å². The number of piperidine rings is 1. The van der Waals surface area contributed by atoms with Crippen molar-refractivity contribution in [1.29, 1.82) is 0 Å². The summed E-state index contributed by atoms with van der Waals surface area (Å²) in [5.74, 6) is 1.85. The fraction of sp³-hybridized carbons (Fsp3) is 0.923. The fourth-order valence-corrected chi connectivity index (χ4v) is 2.82. The van der Waals surface area contributed by atoms with E-state index in [9.17, 15) is 4.79 Å². The van der Waals surface area contributed by atoms with Crippen molar-refractivity contribution in [2.24, 2.45) is 5.92 Å². The summed E-state index contributed by atoms with van der Waals surface area (Å²) in [6.45, 7) is 3.42. The maximum Gasteiger partial charge on any atom is 0.223 e. The van der Waals surface area contributed by atoms with E-state index in [0.29, 0.717) is 11.9 Å². The Bertz CT molecular complexity index is 248. The van der Waals surface area contributed by atoms with Crippen LogP contribution in [-0.4, -0.2) is 48.5 Å². The summed E-state index contributed by atoms with van der Waals surface area (Å²) in [7, 11) is 0. The van der Waals surface area contributed by atoms with Crippen LogP contribution in [0.1, 0.15) is 32.1 Å². The second kappa shape index (κ2) is 6.64. The van der Waals surface area contributed by atoms with E-state index in [1.807, 2.05) is 11.8 Å². The van der Waals surface area contributed by atoms with Gasteiger partial charge in [-0.25, -0.2) is 0 Å². The van der Waals surface area contributed by atoms with Crippen molar-refractivity contribution in [1.82, 2.24) is 10.2 Å². The molecular formula is C13H24N2OS. The van der Waals surface area contributed by atoms with Gasteiger partial charge in [-0.15, -0.1) is 0 Å². The van der Waals surface area contributed by atoms with Crippen LogP contribution in [0, 0.1) is 5.92 Å². The summed E-state index contributed by atoms with van der Waals surface area (Å²) < 4.78 is 0. The summed E-state index contributed by atoms with van der Waals surface area (Å²) in [6, 6.07) is 0.516. The lowest BCUT2D eigenvalue weighted by Crippen LogP contribution is -2.41. The summed E-state index contributed by atoms with van der Waals surface area (Å²) >= 11 is 1.92. The number of carbonyl (C=O) groups excluding carboxylic acids is 1. The number of thioether (sulfide) groups is 1. The van der Waals surface area contributed by atoms with Crippen LogP contribution in [0.3, 0.4) is 0 Å². The Balaban J connectivity index is 1.61. The lowest BCUT2D eigenvalue weighted by atomic mass is 9.96. The van der Waals surface area contributed by atoms with Crippen molar-refractivity contribution in [3.63, 3.8) is 0 Å². The zero-order valence-corrected chi connectivity index (χ0v) is 11.6. The van der Waals surface area contributed by atoms with E-state index >= 15 is 0 Å². The molecule has 1 aliphatic carbocycles. The molecule has 1 aliphatic heterocycles. The van der Waals surface area contributed by atoms with Crippen LogP contribution in [0.15, 0.2) is 0 Å². The molecule has 0 aromatic heterocycles. The Hall–Kier alpha value is -0.220. The highest BCUT2D eigenvalue weighted by atomic mass is 32.2. The molecule has 0 atom stereocenters. The van der Waals surface area contributed by atoms with Crippen LogP contribution >= 0.6 is 11.8 Å². The Morgan fingerprint density at radius 1 is 1.29 bits per heavy atom. The van der Waals surface area contributed by atoms with E-state index < -0.39 is 0 Å². The highest BCUT2D eigenvalue weighted by Gasteiger charge is 2.29. The average molecular weight is 256 g/mol. The average Bonchev–Trinajstić information content (AvgIpc) is 3.14. The van der Waals surface area contributed by atoms with Crippen molar-refractivity contribution in [2.75, 3.05) is 31.6 Å². The van der Waals surface area contributed by atoms with Crippen molar-refractivity contribution in [3.05, 3.63) is 0 Å². The molecule has 4 heteroatoms. The van der Waals surface area contributed by atoms with Crippen LogP contribution in [-0.2, 0) is 4.79 Å². The Kier molecular flexibility index (Phi) is 5.16. The summed E-state index contributed by atoms with van der Waals surface area (Å²) in [5.41, 5.74) is 0. The number of hydrogen-bond donors (Lipinski definition) is 1. The minimum absolute atomic E-state index is 0.285. The molecule has 0 spiro atoms. The lowest BCUT2D eigenvalue weighted by molar-refractivity contribution is -0.126. The molecule has 1 saturated heterocycles. The first-order chi connectivity index (χ1) is 8.29. The molecule has 2 fully saturated rings. The fourth-order valence-electron chi connectivity index (χ4n) is 2.40. The highest BCUT2D eigenvalue weighted by molar-refractivity contribution is 7.98. The van der Waals surface area contributed by atoms with Crippen molar-refractivity contribution in [3.8, 4) is 0 Å². The minimum atomic E-state index is 0.285. The first kappa shape index (κ1) is 13.2. The zero-order chi connectivity index (χ0) is 12.1. The molecule has 1 N–H and O–H groups in total. The van der Waals surface area contributed by atoms with Gasteiger partial charge >= 0.3 is 0 Å². The quantitative estimate of drug-likeness (QED) is 0.735. The third-order valence-corrected chi connectivity index (χ3v) is 4.40. The van der Waals surface area contributed by atoms with E-state index in [-0.39, 0.29) is 5.92 Å². The maximum absolute atomic E-state index is 11.9. The van der Waals surface area contributed by atoms with Gasteiger partial charge in [0.2, 0.25) is 5.91 Å². The van der Waals surface area contributed by atoms with Gasteiger partial charge in [0.15, 0.2) is 0 Å². The van der Waals surface area contributed by atoms with Crippen molar-refractivity contribution in [2.45, 2.75) is 38.1 Å². The molecule has 1 heterocycles. The predicted molar refractivity (Wildman–Crippen MR) is 73.3 cm³/mol. The highest BCUT2D eigenvalue weighted by Crippen LogP contribution is 2.22. The second-order valence-electron chi connectivity index (χ2n) is 5.25. The van der Waals surface area contributed by atoms with E-state index in [2.05, 4.69) is 16.5 Å². The molecule has 1 amide bonds. The second-order valence-corrected chi connectivity index (χ2v) is 6.23. The predicted octanol–water partition coefficient (Wildman–Crippen LogP) is 1.73. The van der Waals surface area contributed by atoms with Crippen LogP contribution in [0.4, 0.5) is 0 Å². The van der Waals surface area contributed by atoms with E-state index in [4.69, 9.17) is 0 Å². The monoisotopic (exact) mass is 256 g/mol. The van der Waals surface area contributed by atoms with Gasteiger partial charge in [0.25, 0.3) is 0 Å². The number of rotatable bonds is 6. The zero-order valence-electron chi connectivity index (χ0n) is 10.8. The standard InChI is InChI=1S/C13H24N2OS/c1-17-10-2-7-15-8-5-11(6-9-15)13(16)14-12-3-4-12/h11-12H,2-10H2,1H3,(H,14,16). The van der Waals surface area contributed by atoms with Crippen LogP contribution < -0.4 is 5.32 Å². The largest absolute Gasteiger partial charge is 0.353 e. The molecule has 1 saturated carbocycles. The number of nitrogens with zero attached hydrogens (tertiary/aromatic N) is 1.